The van der Waals surface area contributed by atoms with E-state index in [1.165, 1.54) is 17.7 Å². The molecule has 0 saturated heterocycles. The lowest BCUT2D eigenvalue weighted by molar-refractivity contribution is -0.122. The van der Waals surface area contributed by atoms with Gasteiger partial charge in [-0.05, 0) is 53.8 Å². The normalized spacial score (nSPS) is 12.6. The van der Waals surface area contributed by atoms with E-state index >= 15 is 0 Å². The minimum absolute atomic E-state index is 0.00487. The molecule has 0 aliphatic heterocycles. The number of hydrogen-bond acceptors (Lipinski definition) is 5. The van der Waals surface area contributed by atoms with Crippen molar-refractivity contribution in [1.29, 1.82) is 0 Å². The molecule has 3 aromatic carbocycles. The first-order valence-electron chi connectivity index (χ1n) is 12.3. The van der Waals surface area contributed by atoms with Crippen LogP contribution in [0.15, 0.2) is 66.7 Å². The third-order valence-corrected chi connectivity index (χ3v) is 6.02. The largest absolute Gasteiger partial charge is 0.508 e. The number of aromatic hydroxyl groups is 1. The summed E-state index contributed by atoms with van der Waals surface area (Å²) in [5, 5.41) is 26.3. The first kappa shape index (κ1) is 28.0. The fourth-order valence-electron chi connectivity index (χ4n) is 4.06. The van der Waals surface area contributed by atoms with Crippen LogP contribution in [0.4, 0.5) is 8.78 Å². The van der Waals surface area contributed by atoms with Gasteiger partial charge in [0.05, 0.1) is 12.1 Å². The number of carbonyl (C=O) groups is 2. The van der Waals surface area contributed by atoms with E-state index in [-0.39, 0.29) is 48.5 Å². The summed E-state index contributed by atoms with van der Waals surface area (Å²) in [6.45, 7) is 2.69. The zero-order chi connectivity index (χ0) is 26.8. The lowest BCUT2D eigenvalue weighted by Crippen LogP contribution is -2.48. The molecule has 37 heavy (non-hydrogen) atoms. The maximum absolute atomic E-state index is 13.7. The van der Waals surface area contributed by atoms with Crippen LogP contribution in [-0.2, 0) is 24.2 Å². The van der Waals surface area contributed by atoms with Crippen LogP contribution in [0.25, 0.3) is 0 Å². The summed E-state index contributed by atoms with van der Waals surface area (Å²) < 4.78 is 27.5. The standard InChI is InChI=1S/C29H32F2N2O4/c1-2-19-5-3-6-20(11-19)17-32-18-28(36)26(14-21-12-23(30)16-24(31)13-21)33-29(37)10-9-27(35)22-7-4-8-25(34)15-22/h3-8,11-13,15-16,26,28,32,34,36H,2,9-10,14,17-18H2,1H3,(H,33,37). The summed E-state index contributed by atoms with van der Waals surface area (Å²) in [5.41, 5.74) is 2.81. The highest BCUT2D eigenvalue weighted by Crippen LogP contribution is 2.15. The van der Waals surface area contributed by atoms with Gasteiger partial charge in [0.15, 0.2) is 5.78 Å². The molecule has 0 radical (unpaired) electrons. The lowest BCUT2D eigenvalue weighted by atomic mass is 9.99. The van der Waals surface area contributed by atoms with Crippen LogP contribution < -0.4 is 10.6 Å². The van der Waals surface area contributed by atoms with Crippen LogP contribution in [0.2, 0.25) is 0 Å². The zero-order valence-corrected chi connectivity index (χ0v) is 20.7. The molecule has 2 atom stereocenters. The molecule has 0 aromatic heterocycles. The average molecular weight is 511 g/mol. The summed E-state index contributed by atoms with van der Waals surface area (Å²) in [6, 6.07) is 16.1. The average Bonchev–Trinajstić information content (AvgIpc) is 2.86. The Morgan fingerprint density at radius 2 is 1.59 bits per heavy atom. The van der Waals surface area contributed by atoms with Crippen molar-refractivity contribution in [1.82, 2.24) is 10.6 Å². The number of benzene rings is 3. The van der Waals surface area contributed by atoms with E-state index in [2.05, 4.69) is 23.6 Å². The first-order valence-corrected chi connectivity index (χ1v) is 12.3. The number of nitrogens with one attached hydrogen (secondary N) is 2. The number of ketones is 1. The third-order valence-electron chi connectivity index (χ3n) is 6.02. The van der Waals surface area contributed by atoms with Crippen LogP contribution in [0.3, 0.4) is 0 Å². The number of phenols is 1. The second-order valence-corrected chi connectivity index (χ2v) is 9.00. The monoisotopic (exact) mass is 510 g/mol. The second kappa shape index (κ2) is 13.6. The number of halogens is 2. The van der Waals surface area contributed by atoms with Crippen molar-refractivity contribution >= 4 is 11.7 Å². The zero-order valence-electron chi connectivity index (χ0n) is 20.7. The van der Waals surface area contributed by atoms with Crippen molar-refractivity contribution < 1.29 is 28.6 Å². The number of aryl methyl sites for hydroxylation is 1. The SMILES string of the molecule is CCc1cccc(CNCC(O)C(Cc2cc(F)cc(F)c2)NC(=O)CCC(=O)c2cccc(O)c2)c1. The molecule has 0 bridgehead atoms. The highest BCUT2D eigenvalue weighted by molar-refractivity contribution is 5.98. The van der Waals surface area contributed by atoms with Gasteiger partial charge in [-0.25, -0.2) is 8.78 Å². The molecular formula is C29H32F2N2O4. The third kappa shape index (κ3) is 9.08. The van der Waals surface area contributed by atoms with Crippen LogP contribution >= 0.6 is 0 Å². The van der Waals surface area contributed by atoms with Crippen LogP contribution in [0.5, 0.6) is 5.75 Å². The summed E-state index contributed by atoms with van der Waals surface area (Å²) in [4.78, 5) is 25.0. The predicted octanol–water partition coefficient (Wildman–Crippen LogP) is 4.07. The van der Waals surface area contributed by atoms with Crippen LogP contribution in [0.1, 0.15) is 46.8 Å². The Morgan fingerprint density at radius 1 is 0.892 bits per heavy atom. The van der Waals surface area contributed by atoms with Gasteiger partial charge in [0, 0.05) is 37.6 Å². The molecule has 0 aliphatic rings. The van der Waals surface area contributed by atoms with Gasteiger partial charge in [-0.3, -0.25) is 9.59 Å². The molecule has 6 nitrogen and oxygen atoms in total. The van der Waals surface area contributed by atoms with E-state index in [0.29, 0.717) is 6.54 Å². The molecule has 3 rings (SSSR count). The maximum atomic E-state index is 13.7. The van der Waals surface area contributed by atoms with Crippen molar-refractivity contribution in [2.24, 2.45) is 0 Å². The fraction of sp³-hybridized carbons (Fsp3) is 0.310. The van der Waals surface area contributed by atoms with E-state index in [4.69, 9.17) is 0 Å². The molecule has 1 amide bonds. The predicted molar refractivity (Wildman–Crippen MR) is 137 cm³/mol. The summed E-state index contributed by atoms with van der Waals surface area (Å²) in [6.07, 6.45) is -0.408. The number of phenolic OH excluding ortho intramolecular Hbond substituents is 1. The van der Waals surface area contributed by atoms with Crippen molar-refractivity contribution in [2.75, 3.05) is 6.54 Å². The number of aliphatic hydroxyl groups excluding tert-OH is 1. The van der Waals surface area contributed by atoms with E-state index in [1.807, 2.05) is 18.2 Å². The van der Waals surface area contributed by atoms with Gasteiger partial charge in [-0.1, -0.05) is 43.3 Å². The minimum atomic E-state index is -1.06. The highest BCUT2D eigenvalue weighted by atomic mass is 19.1. The molecule has 8 heteroatoms. The molecule has 2 unspecified atom stereocenters. The van der Waals surface area contributed by atoms with E-state index in [9.17, 15) is 28.6 Å². The van der Waals surface area contributed by atoms with Gasteiger partial charge in [0.1, 0.15) is 17.4 Å². The molecule has 0 spiro atoms. The van der Waals surface area contributed by atoms with Crippen molar-refractivity contribution in [2.45, 2.75) is 51.3 Å². The molecule has 0 fully saturated rings. The molecule has 4 N–H and O–H groups in total. The van der Waals surface area contributed by atoms with Gasteiger partial charge in [0.2, 0.25) is 5.91 Å². The summed E-state index contributed by atoms with van der Waals surface area (Å²) in [7, 11) is 0. The first-order chi connectivity index (χ1) is 17.7. The number of rotatable bonds is 13. The van der Waals surface area contributed by atoms with Gasteiger partial charge < -0.3 is 20.8 Å². The molecule has 0 aliphatic carbocycles. The molecule has 3 aromatic rings. The lowest BCUT2D eigenvalue weighted by Gasteiger charge is -2.25. The number of amides is 1. The molecular weight excluding hydrogens is 478 g/mol. The van der Waals surface area contributed by atoms with Crippen molar-refractivity contribution in [3.63, 3.8) is 0 Å². The topological polar surface area (TPSA) is 98.7 Å². The summed E-state index contributed by atoms with van der Waals surface area (Å²) in [5.74, 6) is -2.34. The highest BCUT2D eigenvalue weighted by Gasteiger charge is 2.23. The van der Waals surface area contributed by atoms with Crippen molar-refractivity contribution in [3.05, 3.63) is 101 Å². The number of Topliss-reactive ketones (excluding diaryl/α,β-unsaturated/α-hetero) is 1. The number of aliphatic hydroxyl groups is 1. The Bertz CT molecular complexity index is 1200. The Morgan fingerprint density at radius 3 is 2.30 bits per heavy atom. The molecule has 0 saturated carbocycles. The quantitative estimate of drug-likeness (QED) is 0.260. The maximum Gasteiger partial charge on any atom is 0.220 e. The smallest absolute Gasteiger partial charge is 0.220 e. The fourth-order valence-corrected chi connectivity index (χ4v) is 4.06. The van der Waals surface area contributed by atoms with Crippen LogP contribution in [-0.4, -0.2) is 40.6 Å². The van der Waals surface area contributed by atoms with Crippen molar-refractivity contribution in [3.8, 4) is 5.75 Å². The minimum Gasteiger partial charge on any atom is -0.508 e. The van der Waals surface area contributed by atoms with Gasteiger partial charge in [0.25, 0.3) is 0 Å². The Labute approximate surface area is 215 Å². The number of carbonyl (C=O) groups excluding carboxylic acids is 2. The van der Waals surface area contributed by atoms with E-state index in [1.54, 1.807) is 12.1 Å². The number of hydrogen-bond donors (Lipinski definition) is 4. The molecule has 0 heterocycles. The molecule has 196 valence electrons. The van der Waals surface area contributed by atoms with Gasteiger partial charge >= 0.3 is 0 Å². The Hall–Kier alpha value is -3.62. The summed E-state index contributed by atoms with van der Waals surface area (Å²) >= 11 is 0. The van der Waals surface area contributed by atoms with Gasteiger partial charge in [-0.2, -0.15) is 0 Å². The second-order valence-electron chi connectivity index (χ2n) is 9.00. The van der Waals surface area contributed by atoms with Gasteiger partial charge in [-0.15, -0.1) is 0 Å². The van der Waals surface area contributed by atoms with E-state index < -0.39 is 29.7 Å². The van der Waals surface area contributed by atoms with E-state index in [0.717, 1.165) is 30.2 Å². The Balaban J connectivity index is 1.62. The Kier molecular flexibility index (Phi) is 10.3. The van der Waals surface area contributed by atoms with Crippen LogP contribution in [0, 0.1) is 11.6 Å².